The van der Waals surface area contributed by atoms with E-state index < -0.39 is 0 Å². The number of aryl methyl sites for hydroxylation is 1. The molecule has 0 heterocycles. The van der Waals surface area contributed by atoms with E-state index in [2.05, 4.69) is 49.9 Å². The van der Waals surface area contributed by atoms with Crippen LogP contribution < -0.4 is 0 Å². The summed E-state index contributed by atoms with van der Waals surface area (Å²) in [7, 11) is 0. The molecule has 0 spiro atoms. The van der Waals surface area contributed by atoms with Gasteiger partial charge < -0.3 is 0 Å². The molecule has 0 aromatic heterocycles. The summed E-state index contributed by atoms with van der Waals surface area (Å²) >= 11 is 6.17. The Morgan fingerprint density at radius 2 is 1.60 bits per heavy atom. The van der Waals surface area contributed by atoms with Crippen LogP contribution in [-0.2, 0) is 0 Å². The third kappa shape index (κ3) is 2.80. The average molecular weight is 232 g/mol. The van der Waals surface area contributed by atoms with Gasteiger partial charge in [0.15, 0.2) is 0 Å². The molecule has 0 saturated heterocycles. The van der Waals surface area contributed by atoms with Crippen LogP contribution in [0, 0.1) is 6.92 Å². The van der Waals surface area contributed by atoms with Gasteiger partial charge in [-0.1, -0.05) is 41.6 Å². The Hall–Kier alpha value is -0.860. The van der Waals surface area contributed by atoms with E-state index in [1.54, 1.807) is 11.8 Å². The van der Waals surface area contributed by atoms with Gasteiger partial charge in [-0.05, 0) is 31.2 Å². The minimum Gasteiger partial charge on any atom is -0.142 e. The van der Waals surface area contributed by atoms with Crippen LogP contribution in [0.2, 0.25) is 0 Å². The molecule has 0 nitrogen and oxygen atoms in total. The zero-order chi connectivity index (χ0) is 10.7. The van der Waals surface area contributed by atoms with Crippen LogP contribution in [0.3, 0.4) is 0 Å². The second-order valence-corrected chi connectivity index (χ2v) is 4.98. The van der Waals surface area contributed by atoms with E-state index in [0.717, 1.165) is 4.90 Å². The van der Waals surface area contributed by atoms with Crippen LogP contribution in [0.1, 0.15) is 5.56 Å². The highest BCUT2D eigenvalue weighted by Gasteiger charge is 1.99. The monoisotopic (exact) mass is 232 g/mol. The summed E-state index contributed by atoms with van der Waals surface area (Å²) in [5.41, 5.74) is 1.29. The van der Waals surface area contributed by atoms with E-state index in [4.69, 9.17) is 0 Å². The SMILES string of the molecule is Cc1ccc(Sc2ccccc2S)cc1. The van der Waals surface area contributed by atoms with E-state index >= 15 is 0 Å². The van der Waals surface area contributed by atoms with Gasteiger partial charge in [-0.2, -0.15) is 0 Å². The predicted octanol–water partition coefficient (Wildman–Crippen LogP) is 4.43. The second kappa shape index (κ2) is 4.77. The Balaban J connectivity index is 2.22. The lowest BCUT2D eigenvalue weighted by atomic mass is 10.2. The van der Waals surface area contributed by atoms with Crippen LogP contribution in [0.5, 0.6) is 0 Å². The van der Waals surface area contributed by atoms with Crippen molar-refractivity contribution in [3.63, 3.8) is 0 Å². The first-order valence-electron chi connectivity index (χ1n) is 4.78. The molecule has 0 aliphatic heterocycles. The van der Waals surface area contributed by atoms with E-state index in [0.29, 0.717) is 0 Å². The van der Waals surface area contributed by atoms with Crippen molar-refractivity contribution in [3.8, 4) is 0 Å². The van der Waals surface area contributed by atoms with Gasteiger partial charge in [0, 0.05) is 14.7 Å². The van der Waals surface area contributed by atoms with E-state index in [1.165, 1.54) is 15.4 Å². The molecular weight excluding hydrogens is 220 g/mol. The van der Waals surface area contributed by atoms with Crippen molar-refractivity contribution in [2.75, 3.05) is 0 Å². The molecule has 0 N–H and O–H groups in total. The molecule has 0 aliphatic rings. The van der Waals surface area contributed by atoms with Gasteiger partial charge in [0.2, 0.25) is 0 Å². The van der Waals surface area contributed by atoms with Crippen molar-refractivity contribution >= 4 is 24.4 Å². The molecule has 2 rings (SSSR count). The van der Waals surface area contributed by atoms with Gasteiger partial charge in [0.05, 0.1) is 0 Å². The lowest BCUT2D eigenvalue weighted by Crippen LogP contribution is -1.76. The molecule has 2 aromatic rings. The summed E-state index contributed by atoms with van der Waals surface area (Å²) in [5, 5.41) is 0. The Kier molecular flexibility index (Phi) is 3.39. The first-order valence-corrected chi connectivity index (χ1v) is 6.04. The van der Waals surface area contributed by atoms with Crippen molar-refractivity contribution in [2.24, 2.45) is 0 Å². The number of rotatable bonds is 2. The maximum atomic E-state index is 4.43. The van der Waals surface area contributed by atoms with Gasteiger partial charge in [-0.15, -0.1) is 12.6 Å². The van der Waals surface area contributed by atoms with Gasteiger partial charge in [0.25, 0.3) is 0 Å². The number of thiol groups is 1. The molecule has 0 aliphatic carbocycles. The first-order chi connectivity index (χ1) is 7.25. The Morgan fingerprint density at radius 1 is 0.933 bits per heavy atom. The number of benzene rings is 2. The summed E-state index contributed by atoms with van der Waals surface area (Å²) in [6, 6.07) is 16.7. The van der Waals surface area contributed by atoms with Gasteiger partial charge in [-0.3, -0.25) is 0 Å². The van der Waals surface area contributed by atoms with Crippen LogP contribution in [0.25, 0.3) is 0 Å². The largest absolute Gasteiger partial charge is 0.142 e. The fourth-order valence-electron chi connectivity index (χ4n) is 1.28. The quantitative estimate of drug-likeness (QED) is 0.747. The average Bonchev–Trinajstić information content (AvgIpc) is 2.25. The van der Waals surface area contributed by atoms with Crippen LogP contribution in [0.4, 0.5) is 0 Å². The van der Waals surface area contributed by atoms with E-state index in [1.807, 2.05) is 18.2 Å². The molecule has 0 bridgehead atoms. The minimum atomic E-state index is 1.03. The highest BCUT2D eigenvalue weighted by Crippen LogP contribution is 2.31. The molecular formula is C13H12S2. The molecule has 0 radical (unpaired) electrons. The smallest absolute Gasteiger partial charge is 0.0255 e. The van der Waals surface area contributed by atoms with Crippen LogP contribution >= 0.6 is 24.4 Å². The third-order valence-corrected chi connectivity index (χ3v) is 3.74. The van der Waals surface area contributed by atoms with Crippen molar-refractivity contribution in [3.05, 3.63) is 54.1 Å². The summed E-state index contributed by atoms with van der Waals surface area (Å²) in [4.78, 5) is 3.48. The first kappa shape index (κ1) is 10.7. The third-order valence-electron chi connectivity index (χ3n) is 2.11. The number of hydrogen-bond acceptors (Lipinski definition) is 2. The van der Waals surface area contributed by atoms with Gasteiger partial charge in [-0.25, -0.2) is 0 Å². The van der Waals surface area contributed by atoms with Crippen molar-refractivity contribution in [1.82, 2.24) is 0 Å². The molecule has 76 valence electrons. The van der Waals surface area contributed by atoms with Gasteiger partial charge in [0.1, 0.15) is 0 Å². The molecule has 0 saturated carbocycles. The molecule has 0 unspecified atom stereocenters. The van der Waals surface area contributed by atoms with Crippen molar-refractivity contribution in [1.29, 1.82) is 0 Å². The normalized spacial score (nSPS) is 10.3. The van der Waals surface area contributed by atoms with Crippen molar-refractivity contribution in [2.45, 2.75) is 21.6 Å². The molecule has 2 heteroatoms. The molecule has 0 amide bonds. The van der Waals surface area contributed by atoms with Gasteiger partial charge >= 0.3 is 0 Å². The Labute approximate surface area is 100 Å². The lowest BCUT2D eigenvalue weighted by Gasteiger charge is -2.04. The summed E-state index contributed by atoms with van der Waals surface area (Å²) in [6.45, 7) is 2.10. The maximum Gasteiger partial charge on any atom is 0.0255 e. The minimum absolute atomic E-state index is 1.03. The van der Waals surface area contributed by atoms with Crippen LogP contribution in [0.15, 0.2) is 63.2 Å². The predicted molar refractivity (Wildman–Crippen MR) is 69.0 cm³/mol. The van der Waals surface area contributed by atoms with E-state index in [9.17, 15) is 0 Å². The zero-order valence-corrected chi connectivity index (χ0v) is 10.2. The number of hydrogen-bond donors (Lipinski definition) is 1. The highest BCUT2D eigenvalue weighted by atomic mass is 32.2. The zero-order valence-electron chi connectivity index (χ0n) is 8.47. The summed E-state index contributed by atoms with van der Waals surface area (Å²) in [6.07, 6.45) is 0. The fourth-order valence-corrected chi connectivity index (χ4v) is 2.42. The topological polar surface area (TPSA) is 0 Å². The lowest BCUT2D eigenvalue weighted by molar-refractivity contribution is 1.25. The summed E-state index contributed by atoms with van der Waals surface area (Å²) in [5.74, 6) is 0. The molecule has 2 aromatic carbocycles. The van der Waals surface area contributed by atoms with E-state index in [-0.39, 0.29) is 0 Å². The Bertz CT molecular complexity index is 446. The summed E-state index contributed by atoms with van der Waals surface area (Å²) < 4.78 is 0. The highest BCUT2D eigenvalue weighted by molar-refractivity contribution is 7.99. The molecule has 0 fully saturated rings. The molecule has 0 atom stereocenters. The van der Waals surface area contributed by atoms with Crippen LogP contribution in [-0.4, -0.2) is 0 Å². The van der Waals surface area contributed by atoms with Crippen molar-refractivity contribution < 1.29 is 0 Å². The Morgan fingerprint density at radius 3 is 2.27 bits per heavy atom. The second-order valence-electron chi connectivity index (χ2n) is 3.38. The standard InChI is InChI=1S/C13H12S2/c1-10-6-8-11(9-7-10)15-13-5-3-2-4-12(13)14/h2-9,14H,1H3. The maximum absolute atomic E-state index is 4.43. The molecule has 15 heavy (non-hydrogen) atoms. The fraction of sp³-hybridized carbons (Fsp3) is 0.0769.